The van der Waals surface area contributed by atoms with Gasteiger partial charge in [-0.3, -0.25) is 9.59 Å². The Bertz CT molecular complexity index is 1000. The molecule has 1 atom stereocenters. The normalized spacial score (nSPS) is 12.3. The fraction of sp³-hybridized carbons (Fsp3) is 0.300. The maximum Gasteiger partial charge on any atom is 0.307 e. The molecule has 0 unspecified atom stereocenters. The number of fused-ring (bicyclic) bond motifs is 1. The molecule has 0 saturated heterocycles. The first-order chi connectivity index (χ1) is 12.4. The Balaban J connectivity index is 1.74. The van der Waals surface area contributed by atoms with Gasteiger partial charge in [-0.2, -0.15) is 0 Å². The second kappa shape index (κ2) is 7.33. The van der Waals surface area contributed by atoms with Crippen LogP contribution in [0.4, 0.5) is 5.69 Å². The number of amides is 1. The van der Waals surface area contributed by atoms with E-state index in [1.807, 2.05) is 36.4 Å². The number of hydrogen-bond acceptors (Lipinski definition) is 4. The third kappa shape index (κ3) is 3.65. The second-order valence-corrected chi connectivity index (χ2v) is 7.54. The lowest BCUT2D eigenvalue weighted by Crippen LogP contribution is -2.30. The molecule has 1 heterocycles. The molecule has 1 N–H and O–H groups in total. The quantitative estimate of drug-likeness (QED) is 0.735. The van der Waals surface area contributed by atoms with Crippen LogP contribution in [0.3, 0.4) is 0 Å². The number of anilines is 1. The highest BCUT2D eigenvalue weighted by Gasteiger charge is 2.18. The van der Waals surface area contributed by atoms with Crippen LogP contribution in [0.15, 0.2) is 47.3 Å². The van der Waals surface area contributed by atoms with E-state index in [-0.39, 0.29) is 10.8 Å². The summed E-state index contributed by atoms with van der Waals surface area (Å²) in [5, 5.41) is 2.86. The van der Waals surface area contributed by atoms with Crippen LogP contribution in [0.1, 0.15) is 32.3 Å². The fourth-order valence-electron chi connectivity index (χ4n) is 2.76. The van der Waals surface area contributed by atoms with Crippen molar-refractivity contribution in [3.8, 4) is 5.75 Å². The number of aromatic nitrogens is 1. The van der Waals surface area contributed by atoms with Gasteiger partial charge in [-0.05, 0) is 42.7 Å². The molecule has 26 heavy (non-hydrogen) atoms. The Hall–Kier alpha value is -2.60. The Morgan fingerprint density at radius 1 is 1.15 bits per heavy atom. The molecule has 1 aromatic heterocycles. The van der Waals surface area contributed by atoms with Gasteiger partial charge in [-0.25, -0.2) is 0 Å². The van der Waals surface area contributed by atoms with Crippen LogP contribution in [0.25, 0.3) is 10.2 Å². The van der Waals surface area contributed by atoms with Gasteiger partial charge in [0.25, 0.3) is 5.91 Å². The van der Waals surface area contributed by atoms with E-state index < -0.39 is 6.10 Å². The van der Waals surface area contributed by atoms with Crippen molar-refractivity contribution in [3.63, 3.8) is 0 Å². The zero-order valence-corrected chi connectivity index (χ0v) is 16.1. The number of carbonyl (C=O) groups excluding carboxylic acids is 1. The number of thiazole rings is 1. The van der Waals surface area contributed by atoms with Gasteiger partial charge in [0.05, 0.1) is 10.2 Å². The molecule has 2 aromatic carbocycles. The molecular formula is C20H22N2O3S. The van der Waals surface area contributed by atoms with Crippen LogP contribution in [0.2, 0.25) is 0 Å². The molecule has 0 aliphatic carbocycles. The first-order valence-electron chi connectivity index (χ1n) is 8.53. The second-order valence-electron chi connectivity index (χ2n) is 6.55. The first-order valence-corrected chi connectivity index (χ1v) is 9.34. The highest BCUT2D eigenvalue weighted by atomic mass is 32.1. The topological polar surface area (TPSA) is 60.3 Å². The summed E-state index contributed by atoms with van der Waals surface area (Å²) in [7, 11) is 1.74. The first kappa shape index (κ1) is 18.2. The van der Waals surface area contributed by atoms with Crippen molar-refractivity contribution in [3.05, 3.63) is 57.7 Å². The summed E-state index contributed by atoms with van der Waals surface area (Å²) in [6.07, 6.45) is -0.639. The zero-order valence-electron chi connectivity index (χ0n) is 15.3. The van der Waals surface area contributed by atoms with E-state index in [9.17, 15) is 9.59 Å². The zero-order chi connectivity index (χ0) is 18.8. The third-order valence-electron chi connectivity index (χ3n) is 4.27. The van der Waals surface area contributed by atoms with Crippen molar-refractivity contribution in [2.45, 2.75) is 32.8 Å². The molecule has 0 radical (unpaired) electrons. The molecule has 0 aliphatic heterocycles. The molecule has 0 aliphatic rings. The van der Waals surface area contributed by atoms with Crippen LogP contribution < -0.4 is 14.9 Å². The standard InChI is InChI=1S/C20H22N2O3S/c1-12(2)15-7-5-6-8-17(15)25-13(3)19(23)21-14-9-10-16-18(11-14)26-20(24)22(16)4/h5-13H,1-4H3,(H,21,23)/t13-/m0/s1. The molecule has 1 amide bonds. The van der Waals surface area contributed by atoms with Crippen molar-refractivity contribution in [2.24, 2.45) is 7.05 Å². The predicted molar refractivity (Wildman–Crippen MR) is 106 cm³/mol. The Labute approximate surface area is 156 Å². The van der Waals surface area contributed by atoms with Crippen molar-refractivity contribution in [2.75, 3.05) is 5.32 Å². The molecule has 0 spiro atoms. The molecule has 5 nitrogen and oxygen atoms in total. The molecule has 0 fully saturated rings. The lowest BCUT2D eigenvalue weighted by molar-refractivity contribution is -0.122. The van der Waals surface area contributed by atoms with Crippen LogP contribution in [0, 0.1) is 0 Å². The maximum absolute atomic E-state index is 12.5. The number of hydrogen-bond donors (Lipinski definition) is 1. The van der Waals surface area contributed by atoms with E-state index in [4.69, 9.17) is 4.74 Å². The van der Waals surface area contributed by atoms with Crippen LogP contribution in [0.5, 0.6) is 5.75 Å². The van der Waals surface area contributed by atoms with E-state index in [2.05, 4.69) is 19.2 Å². The van der Waals surface area contributed by atoms with Crippen LogP contribution in [-0.4, -0.2) is 16.6 Å². The average Bonchev–Trinajstić information content (AvgIpc) is 2.89. The summed E-state index contributed by atoms with van der Waals surface area (Å²) < 4.78 is 8.33. The van der Waals surface area contributed by atoms with Crippen molar-refractivity contribution >= 4 is 33.1 Å². The summed E-state index contributed by atoms with van der Waals surface area (Å²) in [6, 6.07) is 13.2. The minimum atomic E-state index is -0.639. The Morgan fingerprint density at radius 3 is 2.62 bits per heavy atom. The number of aryl methyl sites for hydroxylation is 1. The van der Waals surface area contributed by atoms with Crippen molar-refractivity contribution < 1.29 is 9.53 Å². The lowest BCUT2D eigenvalue weighted by Gasteiger charge is -2.18. The number of ether oxygens (including phenoxy) is 1. The number of nitrogens with zero attached hydrogens (tertiary/aromatic N) is 1. The van der Waals surface area contributed by atoms with Gasteiger partial charge in [0.1, 0.15) is 5.75 Å². The van der Waals surface area contributed by atoms with Gasteiger partial charge >= 0.3 is 4.87 Å². The monoisotopic (exact) mass is 370 g/mol. The summed E-state index contributed by atoms with van der Waals surface area (Å²) in [5.74, 6) is 0.804. The number of carbonyl (C=O) groups is 1. The molecule has 0 bridgehead atoms. The predicted octanol–water partition coefficient (Wildman–Crippen LogP) is 4.13. The number of nitrogens with one attached hydrogen (secondary N) is 1. The summed E-state index contributed by atoms with van der Waals surface area (Å²) in [6.45, 7) is 5.91. The van der Waals surface area contributed by atoms with E-state index >= 15 is 0 Å². The van der Waals surface area contributed by atoms with Gasteiger partial charge in [-0.1, -0.05) is 43.4 Å². The third-order valence-corrected chi connectivity index (χ3v) is 5.27. The minimum absolute atomic E-state index is 0.0227. The van der Waals surface area contributed by atoms with Gasteiger partial charge in [0.15, 0.2) is 6.10 Å². The van der Waals surface area contributed by atoms with Gasteiger partial charge in [-0.15, -0.1) is 0 Å². The molecule has 3 aromatic rings. The Kier molecular flexibility index (Phi) is 5.13. The molecule has 3 rings (SSSR count). The summed E-state index contributed by atoms with van der Waals surface area (Å²) >= 11 is 1.16. The Morgan fingerprint density at radius 2 is 1.88 bits per heavy atom. The average molecular weight is 370 g/mol. The number of benzene rings is 2. The van der Waals surface area contributed by atoms with E-state index in [0.29, 0.717) is 11.6 Å². The smallest absolute Gasteiger partial charge is 0.307 e. The van der Waals surface area contributed by atoms with Gasteiger partial charge < -0.3 is 14.6 Å². The van der Waals surface area contributed by atoms with Crippen molar-refractivity contribution in [1.82, 2.24) is 4.57 Å². The maximum atomic E-state index is 12.5. The van der Waals surface area contributed by atoms with Crippen LogP contribution >= 0.6 is 11.3 Å². The molecule has 136 valence electrons. The lowest BCUT2D eigenvalue weighted by atomic mass is 10.0. The fourth-order valence-corrected chi connectivity index (χ4v) is 3.68. The van der Waals surface area contributed by atoms with Crippen molar-refractivity contribution in [1.29, 1.82) is 0 Å². The summed E-state index contributed by atoms with van der Waals surface area (Å²) in [4.78, 5) is 24.2. The van der Waals surface area contributed by atoms with Gasteiger partial charge in [0.2, 0.25) is 0 Å². The van der Waals surface area contributed by atoms with E-state index in [0.717, 1.165) is 32.9 Å². The van der Waals surface area contributed by atoms with E-state index in [1.54, 1.807) is 24.6 Å². The molecule has 6 heteroatoms. The van der Waals surface area contributed by atoms with Crippen LogP contribution in [-0.2, 0) is 11.8 Å². The number of para-hydroxylation sites is 1. The molecular weight excluding hydrogens is 348 g/mol. The largest absolute Gasteiger partial charge is 0.481 e. The highest BCUT2D eigenvalue weighted by molar-refractivity contribution is 7.16. The SMILES string of the molecule is CC(C)c1ccccc1O[C@@H](C)C(=O)Nc1ccc2c(c1)sc(=O)n2C. The van der Waals surface area contributed by atoms with E-state index in [1.165, 1.54) is 0 Å². The minimum Gasteiger partial charge on any atom is -0.481 e. The number of rotatable bonds is 5. The summed E-state index contributed by atoms with van der Waals surface area (Å²) in [5.41, 5.74) is 2.58. The molecule has 0 saturated carbocycles. The highest BCUT2D eigenvalue weighted by Crippen LogP contribution is 2.27. The van der Waals surface area contributed by atoms with Gasteiger partial charge in [0, 0.05) is 12.7 Å².